The van der Waals surface area contributed by atoms with Crippen LogP contribution in [0.5, 0.6) is 0 Å². The minimum absolute atomic E-state index is 0.0436. The fourth-order valence-electron chi connectivity index (χ4n) is 3.14. The van der Waals surface area contributed by atoms with Gasteiger partial charge in [0.05, 0.1) is 6.26 Å². The van der Waals surface area contributed by atoms with E-state index >= 15 is 0 Å². The first-order valence-corrected chi connectivity index (χ1v) is 8.74. The molecule has 1 aromatic carbocycles. The third-order valence-electron chi connectivity index (χ3n) is 4.57. The van der Waals surface area contributed by atoms with Crippen molar-refractivity contribution in [1.29, 1.82) is 0 Å². The predicted octanol–water partition coefficient (Wildman–Crippen LogP) is 3.44. The molecule has 1 saturated heterocycles. The maximum Gasteiger partial charge on any atom is 0.289 e. The van der Waals surface area contributed by atoms with Gasteiger partial charge in [0.2, 0.25) is 5.91 Å². The van der Waals surface area contributed by atoms with Gasteiger partial charge in [0.25, 0.3) is 5.91 Å². The number of carbonyl (C=O) groups is 2. The summed E-state index contributed by atoms with van der Waals surface area (Å²) in [7, 11) is 1.82. The van der Waals surface area contributed by atoms with Crippen LogP contribution in [0.3, 0.4) is 0 Å². The first-order valence-electron chi connectivity index (χ1n) is 8.37. The molecule has 2 heterocycles. The average molecular weight is 361 g/mol. The monoisotopic (exact) mass is 360 g/mol. The van der Waals surface area contributed by atoms with Crippen molar-refractivity contribution in [2.45, 2.75) is 19.4 Å². The maximum absolute atomic E-state index is 12.7. The molecule has 1 aliphatic rings. The van der Waals surface area contributed by atoms with Gasteiger partial charge < -0.3 is 14.2 Å². The van der Waals surface area contributed by atoms with E-state index in [1.54, 1.807) is 21.9 Å². The molecular weight excluding hydrogens is 340 g/mol. The molecule has 0 radical (unpaired) electrons. The van der Waals surface area contributed by atoms with Gasteiger partial charge in [-0.25, -0.2) is 0 Å². The van der Waals surface area contributed by atoms with Crippen molar-refractivity contribution in [3.63, 3.8) is 0 Å². The lowest BCUT2D eigenvalue weighted by Gasteiger charge is -2.32. The van der Waals surface area contributed by atoms with Gasteiger partial charge in [0.1, 0.15) is 0 Å². The molecule has 1 fully saturated rings. The van der Waals surface area contributed by atoms with Crippen molar-refractivity contribution in [2.24, 2.45) is 5.92 Å². The summed E-state index contributed by atoms with van der Waals surface area (Å²) >= 11 is 5.89. The smallest absolute Gasteiger partial charge is 0.289 e. The van der Waals surface area contributed by atoms with E-state index in [0.29, 0.717) is 43.3 Å². The Morgan fingerprint density at radius 3 is 2.48 bits per heavy atom. The number of piperidine rings is 1. The van der Waals surface area contributed by atoms with Crippen molar-refractivity contribution in [3.8, 4) is 0 Å². The highest BCUT2D eigenvalue weighted by molar-refractivity contribution is 6.30. The van der Waals surface area contributed by atoms with E-state index in [9.17, 15) is 9.59 Å². The van der Waals surface area contributed by atoms with Crippen LogP contribution in [0.1, 0.15) is 29.0 Å². The van der Waals surface area contributed by atoms with Crippen LogP contribution in [-0.2, 0) is 11.3 Å². The number of nitrogens with zero attached hydrogens (tertiary/aromatic N) is 2. The Kier molecular flexibility index (Phi) is 5.43. The summed E-state index contributed by atoms with van der Waals surface area (Å²) in [6.07, 6.45) is 2.85. The summed E-state index contributed by atoms with van der Waals surface area (Å²) in [5.41, 5.74) is 1.05. The van der Waals surface area contributed by atoms with Crippen molar-refractivity contribution < 1.29 is 14.0 Å². The molecule has 0 aliphatic carbocycles. The second-order valence-corrected chi connectivity index (χ2v) is 6.80. The molecule has 1 aromatic heterocycles. The molecule has 0 atom stereocenters. The lowest BCUT2D eigenvalue weighted by molar-refractivity contribution is -0.136. The van der Waals surface area contributed by atoms with Crippen molar-refractivity contribution in [1.82, 2.24) is 9.80 Å². The summed E-state index contributed by atoms with van der Waals surface area (Å²) in [4.78, 5) is 28.4. The summed E-state index contributed by atoms with van der Waals surface area (Å²) in [6.45, 7) is 1.71. The Balaban J connectivity index is 1.52. The van der Waals surface area contributed by atoms with Gasteiger partial charge in [-0.15, -0.1) is 0 Å². The topological polar surface area (TPSA) is 53.8 Å². The standard InChI is InChI=1S/C19H21ClN2O3/c1-21(13-14-4-6-16(20)7-5-14)18(23)15-8-10-22(11-9-15)19(24)17-3-2-12-25-17/h2-7,12,15H,8-11,13H2,1H3. The molecule has 1 aliphatic heterocycles. The second kappa shape index (κ2) is 7.74. The molecular formula is C19H21ClN2O3. The van der Waals surface area contributed by atoms with Gasteiger partial charge in [-0.05, 0) is 42.7 Å². The Morgan fingerprint density at radius 1 is 1.20 bits per heavy atom. The summed E-state index contributed by atoms with van der Waals surface area (Å²) in [5, 5.41) is 0.686. The highest BCUT2D eigenvalue weighted by atomic mass is 35.5. The maximum atomic E-state index is 12.7. The Labute approximate surface area is 152 Å². The van der Waals surface area contributed by atoms with Gasteiger partial charge in [-0.3, -0.25) is 9.59 Å². The highest BCUT2D eigenvalue weighted by Gasteiger charge is 2.30. The van der Waals surface area contributed by atoms with E-state index in [1.165, 1.54) is 6.26 Å². The highest BCUT2D eigenvalue weighted by Crippen LogP contribution is 2.22. The molecule has 0 bridgehead atoms. The van der Waals surface area contributed by atoms with Crippen LogP contribution in [0.2, 0.25) is 5.02 Å². The fraction of sp³-hybridized carbons (Fsp3) is 0.368. The summed E-state index contributed by atoms with van der Waals surface area (Å²) in [6, 6.07) is 10.9. The normalized spacial score (nSPS) is 15.2. The number of carbonyl (C=O) groups excluding carboxylic acids is 2. The molecule has 25 heavy (non-hydrogen) atoms. The zero-order valence-corrected chi connectivity index (χ0v) is 14.9. The first kappa shape index (κ1) is 17.5. The predicted molar refractivity (Wildman–Crippen MR) is 95.3 cm³/mol. The largest absolute Gasteiger partial charge is 0.459 e. The van der Waals surface area contributed by atoms with Gasteiger partial charge >= 0.3 is 0 Å². The first-order chi connectivity index (χ1) is 12.0. The molecule has 0 spiro atoms. The Morgan fingerprint density at radius 2 is 1.88 bits per heavy atom. The van der Waals surface area contributed by atoms with Gasteiger partial charge in [0, 0.05) is 37.6 Å². The third kappa shape index (κ3) is 4.23. The zero-order chi connectivity index (χ0) is 17.8. The number of furan rings is 1. The SMILES string of the molecule is CN(Cc1ccc(Cl)cc1)C(=O)C1CCN(C(=O)c2ccco2)CC1. The van der Waals surface area contributed by atoms with Crippen LogP contribution in [0, 0.1) is 5.92 Å². The molecule has 5 nitrogen and oxygen atoms in total. The quantitative estimate of drug-likeness (QED) is 0.839. The van der Waals surface area contributed by atoms with E-state index in [2.05, 4.69) is 0 Å². The number of rotatable bonds is 4. The minimum atomic E-state index is -0.106. The minimum Gasteiger partial charge on any atom is -0.459 e. The fourth-order valence-corrected chi connectivity index (χ4v) is 3.26. The van der Waals surface area contributed by atoms with Gasteiger partial charge in [-0.1, -0.05) is 23.7 Å². The number of likely N-dealkylation sites (tertiary alicyclic amines) is 1. The van der Waals surface area contributed by atoms with Crippen LogP contribution in [-0.4, -0.2) is 41.8 Å². The van der Waals surface area contributed by atoms with Gasteiger partial charge in [-0.2, -0.15) is 0 Å². The van der Waals surface area contributed by atoms with E-state index in [1.807, 2.05) is 31.3 Å². The summed E-state index contributed by atoms with van der Waals surface area (Å²) in [5.74, 6) is 0.327. The number of benzene rings is 1. The molecule has 2 aromatic rings. The average Bonchev–Trinajstić information content (AvgIpc) is 3.17. The number of hydrogen-bond acceptors (Lipinski definition) is 3. The third-order valence-corrected chi connectivity index (χ3v) is 4.82. The molecule has 0 N–H and O–H groups in total. The Hall–Kier alpha value is -2.27. The van der Waals surface area contributed by atoms with E-state index < -0.39 is 0 Å². The van der Waals surface area contributed by atoms with E-state index in [4.69, 9.17) is 16.0 Å². The van der Waals surface area contributed by atoms with Crippen LogP contribution in [0.15, 0.2) is 47.1 Å². The van der Waals surface area contributed by atoms with Crippen LogP contribution in [0.25, 0.3) is 0 Å². The molecule has 0 saturated carbocycles. The Bertz CT molecular complexity index is 720. The van der Waals surface area contributed by atoms with Crippen LogP contribution in [0.4, 0.5) is 0 Å². The number of amides is 2. The lowest BCUT2D eigenvalue weighted by Crippen LogP contribution is -2.43. The van der Waals surface area contributed by atoms with Gasteiger partial charge in [0.15, 0.2) is 5.76 Å². The van der Waals surface area contributed by atoms with E-state index in [0.717, 1.165) is 5.56 Å². The lowest BCUT2D eigenvalue weighted by atomic mass is 9.95. The van der Waals surface area contributed by atoms with E-state index in [-0.39, 0.29) is 17.7 Å². The molecule has 2 amide bonds. The van der Waals surface area contributed by atoms with Crippen molar-refractivity contribution >= 4 is 23.4 Å². The summed E-state index contributed by atoms with van der Waals surface area (Å²) < 4.78 is 5.16. The van der Waals surface area contributed by atoms with Crippen molar-refractivity contribution in [2.75, 3.05) is 20.1 Å². The number of hydrogen-bond donors (Lipinski definition) is 0. The molecule has 132 valence electrons. The van der Waals surface area contributed by atoms with Crippen LogP contribution >= 0.6 is 11.6 Å². The zero-order valence-electron chi connectivity index (χ0n) is 14.2. The van der Waals surface area contributed by atoms with Crippen molar-refractivity contribution in [3.05, 3.63) is 59.0 Å². The number of halogens is 1. The molecule has 3 rings (SSSR count). The molecule has 0 unspecified atom stereocenters. The second-order valence-electron chi connectivity index (χ2n) is 6.36. The van der Waals surface area contributed by atoms with Crippen LogP contribution < -0.4 is 0 Å². The molecule has 6 heteroatoms.